The highest BCUT2D eigenvalue weighted by Gasteiger charge is 2.30. The highest BCUT2D eigenvalue weighted by Crippen LogP contribution is 2.45. The zero-order valence-electron chi connectivity index (χ0n) is 18.4. The number of halogens is 3. The van der Waals surface area contributed by atoms with Crippen LogP contribution in [0.4, 0.5) is 20.3 Å². The lowest BCUT2D eigenvalue weighted by molar-refractivity contribution is 0.110. The molecule has 1 N–H and O–H groups in total. The number of nitrogens with zero attached hydrogens (tertiary/aromatic N) is 3. The minimum absolute atomic E-state index is 0.0586. The molecule has 0 saturated carbocycles. The number of benzene rings is 1. The molecule has 0 saturated heterocycles. The number of hydrogen-bond acceptors (Lipinski definition) is 6. The molecule has 0 spiro atoms. The monoisotopic (exact) mass is 610 g/mol. The Morgan fingerprint density at radius 3 is 2.63 bits per heavy atom. The van der Waals surface area contributed by atoms with Crippen molar-refractivity contribution in [3.05, 3.63) is 75.5 Å². The van der Waals surface area contributed by atoms with E-state index in [4.69, 9.17) is 0 Å². The summed E-state index contributed by atoms with van der Waals surface area (Å²) in [5.74, 6) is -2.32. The van der Waals surface area contributed by atoms with Gasteiger partial charge >= 0.3 is 0 Å². The third-order valence-electron chi connectivity index (χ3n) is 5.89. The second kappa shape index (κ2) is 8.22. The first kappa shape index (κ1) is 23.6. The Labute approximate surface area is 211 Å². The molecular formula is C23H17F2IN4O4S. The Hall–Kier alpha value is -3.13. The average molecular weight is 610 g/mol. The number of aryl methyl sites for hydroxylation is 1. The molecule has 5 rings (SSSR count). The predicted molar refractivity (Wildman–Crippen MR) is 136 cm³/mol. The highest BCUT2D eigenvalue weighted by molar-refractivity contribution is 14.1. The Bertz CT molecular complexity index is 1730. The number of anilines is 2. The first-order valence-corrected chi connectivity index (χ1v) is 13.4. The van der Waals surface area contributed by atoms with Crippen LogP contribution in [0.1, 0.15) is 21.5 Å². The van der Waals surface area contributed by atoms with E-state index in [1.807, 2.05) is 0 Å². The van der Waals surface area contributed by atoms with Crippen LogP contribution in [0, 0.1) is 11.6 Å². The normalized spacial score (nSPS) is 13.1. The van der Waals surface area contributed by atoms with Crippen LogP contribution >= 0.6 is 22.6 Å². The molecule has 0 aliphatic carbocycles. The molecule has 35 heavy (non-hydrogen) atoms. The lowest BCUT2D eigenvalue weighted by atomic mass is 9.96. The van der Waals surface area contributed by atoms with Crippen LogP contribution in [0.25, 0.3) is 22.0 Å². The number of aromatic amines is 1. The molecule has 0 bridgehead atoms. The summed E-state index contributed by atoms with van der Waals surface area (Å²) in [5, 5.41) is 0.596. The van der Waals surface area contributed by atoms with Gasteiger partial charge in [0, 0.05) is 76.4 Å². The molecule has 1 aromatic carbocycles. The van der Waals surface area contributed by atoms with Crippen molar-refractivity contribution in [2.75, 3.05) is 11.2 Å². The summed E-state index contributed by atoms with van der Waals surface area (Å²) in [4.78, 5) is 33.7. The van der Waals surface area contributed by atoms with Gasteiger partial charge in [-0.1, -0.05) is 0 Å². The van der Waals surface area contributed by atoms with Gasteiger partial charge in [-0.3, -0.25) is 9.59 Å². The van der Waals surface area contributed by atoms with Crippen LogP contribution in [-0.2, 0) is 29.2 Å². The van der Waals surface area contributed by atoms with Crippen LogP contribution in [0.5, 0.6) is 0 Å². The van der Waals surface area contributed by atoms with E-state index < -0.39 is 25.3 Å². The maximum atomic E-state index is 14.9. The number of carbonyl (C=O) groups excluding carboxylic acids is 1. The van der Waals surface area contributed by atoms with Crippen LogP contribution in [0.3, 0.4) is 0 Å². The molecule has 0 unspecified atom stereocenters. The number of rotatable bonds is 4. The predicted octanol–water partition coefficient (Wildman–Crippen LogP) is 3.98. The average Bonchev–Trinajstić information content (AvgIpc) is 3.12. The number of H-pyrrole nitrogens is 1. The van der Waals surface area contributed by atoms with Gasteiger partial charge < -0.3 is 14.5 Å². The zero-order chi connectivity index (χ0) is 25.2. The van der Waals surface area contributed by atoms with Gasteiger partial charge in [-0.05, 0) is 23.3 Å². The van der Waals surface area contributed by atoms with Crippen molar-refractivity contribution >= 4 is 58.6 Å². The van der Waals surface area contributed by atoms with E-state index in [0.717, 1.165) is 12.5 Å². The van der Waals surface area contributed by atoms with Crippen molar-refractivity contribution in [2.45, 2.75) is 12.3 Å². The topological polar surface area (TPSA) is 105 Å². The van der Waals surface area contributed by atoms with Gasteiger partial charge in [0.1, 0.15) is 11.3 Å². The van der Waals surface area contributed by atoms with E-state index in [0.29, 0.717) is 39.3 Å². The number of aromatic nitrogens is 3. The fourth-order valence-electron chi connectivity index (χ4n) is 4.47. The summed E-state index contributed by atoms with van der Waals surface area (Å²) in [6, 6.07) is 3.80. The van der Waals surface area contributed by atoms with Crippen LogP contribution in [-0.4, -0.2) is 33.0 Å². The third-order valence-corrected chi connectivity index (χ3v) is 7.31. The zero-order valence-corrected chi connectivity index (χ0v) is 21.4. The molecule has 0 amide bonds. The summed E-state index contributed by atoms with van der Waals surface area (Å²) >= 11 is 1.57. The van der Waals surface area contributed by atoms with E-state index in [-0.39, 0.29) is 34.8 Å². The summed E-state index contributed by atoms with van der Waals surface area (Å²) in [6.07, 6.45) is 5.21. The van der Waals surface area contributed by atoms with Gasteiger partial charge in [-0.15, -0.1) is 0 Å². The van der Waals surface area contributed by atoms with Crippen molar-refractivity contribution in [1.82, 2.24) is 14.5 Å². The van der Waals surface area contributed by atoms with Crippen molar-refractivity contribution < 1.29 is 22.0 Å². The first-order chi connectivity index (χ1) is 16.4. The number of nitrogens with one attached hydrogen (secondary N) is 1. The minimum Gasteiger partial charge on any atom is -0.356 e. The van der Waals surface area contributed by atoms with Gasteiger partial charge in [0.25, 0.3) is 5.56 Å². The van der Waals surface area contributed by atoms with E-state index in [1.54, 1.807) is 48.1 Å². The van der Waals surface area contributed by atoms with Crippen LogP contribution in [0.15, 0.2) is 41.6 Å². The minimum atomic E-state index is -3.51. The number of pyridine rings is 2. The number of hydrogen-bond donors (Lipinski definition) is 1. The van der Waals surface area contributed by atoms with Gasteiger partial charge in [0.15, 0.2) is 21.5 Å². The molecule has 1 aliphatic rings. The Morgan fingerprint density at radius 2 is 1.97 bits per heavy atom. The van der Waals surface area contributed by atoms with Crippen molar-refractivity contribution in [1.29, 1.82) is 0 Å². The maximum Gasteiger partial charge on any atom is 0.274 e. The van der Waals surface area contributed by atoms with Crippen LogP contribution < -0.4 is 10.5 Å². The van der Waals surface area contributed by atoms with Crippen molar-refractivity contribution in [3.63, 3.8) is 0 Å². The Kier molecular flexibility index (Phi) is 5.55. The molecule has 4 heterocycles. The van der Waals surface area contributed by atoms with Gasteiger partial charge in [0.2, 0.25) is 3.79 Å². The van der Waals surface area contributed by atoms with E-state index in [9.17, 15) is 26.8 Å². The number of sulfone groups is 1. The smallest absolute Gasteiger partial charge is 0.274 e. The largest absolute Gasteiger partial charge is 0.356 e. The number of carbonyl (C=O) groups is 1. The summed E-state index contributed by atoms with van der Waals surface area (Å²) in [6.45, 7) is 0.0586. The Morgan fingerprint density at radius 1 is 1.23 bits per heavy atom. The quantitative estimate of drug-likeness (QED) is 0.277. The lowest BCUT2D eigenvalue weighted by Gasteiger charge is -2.26. The van der Waals surface area contributed by atoms with Gasteiger partial charge in [0.05, 0.1) is 24.2 Å². The molecule has 12 heteroatoms. The highest BCUT2D eigenvalue weighted by atomic mass is 127. The Balaban J connectivity index is 1.91. The van der Waals surface area contributed by atoms with Crippen molar-refractivity contribution in [3.8, 4) is 11.1 Å². The fourth-order valence-corrected chi connectivity index (χ4v) is 5.78. The second-order valence-electron chi connectivity index (χ2n) is 8.44. The maximum absolute atomic E-state index is 14.9. The molecule has 4 aromatic rings. The van der Waals surface area contributed by atoms with Crippen LogP contribution in [0.2, 0.25) is 0 Å². The van der Waals surface area contributed by atoms with E-state index in [1.165, 1.54) is 15.5 Å². The van der Waals surface area contributed by atoms with E-state index >= 15 is 0 Å². The molecule has 180 valence electrons. The lowest BCUT2D eigenvalue weighted by Crippen LogP contribution is -2.20. The first-order valence-electron chi connectivity index (χ1n) is 10.3. The second-order valence-corrected chi connectivity index (χ2v) is 11.6. The third kappa shape index (κ3) is 4.03. The van der Waals surface area contributed by atoms with Gasteiger partial charge in [-0.2, -0.15) is 0 Å². The SMILES string of the molecule is Cn1cc2c3c(c[nH]c3c1=O)CN(c1ncc(F)cc1F)c1cc(C(=O)I)c(CS(C)(=O)=O)cc1-2. The summed E-state index contributed by atoms with van der Waals surface area (Å²) < 4.78 is 53.9. The van der Waals surface area contributed by atoms with Crippen molar-refractivity contribution in [2.24, 2.45) is 7.05 Å². The number of fused-ring (bicyclic) bond motifs is 2. The standard InChI is InChI=1S/C23H17F2IN4O4S/c1-29-9-16-15-3-11(10-35(2,33)34)14(21(26)31)5-18(15)30(22-17(25)4-13(24)7-28-22)8-12-6-27-20(19(12)16)23(29)32/h3-7,9,27H,8,10H2,1-2H3. The molecule has 0 radical (unpaired) electrons. The van der Waals surface area contributed by atoms with Gasteiger partial charge in [-0.25, -0.2) is 22.2 Å². The molecule has 8 nitrogen and oxygen atoms in total. The fraction of sp³-hybridized carbons (Fsp3) is 0.174. The molecule has 0 fully saturated rings. The molecule has 0 atom stereocenters. The molecular weight excluding hydrogens is 593 g/mol. The summed E-state index contributed by atoms with van der Waals surface area (Å²) in [7, 11) is -1.92. The molecule has 3 aromatic heterocycles. The summed E-state index contributed by atoms with van der Waals surface area (Å²) in [5.41, 5.74) is 2.59. The molecule has 1 aliphatic heterocycles. The van der Waals surface area contributed by atoms with E-state index in [2.05, 4.69) is 9.97 Å².